The molecule has 0 radical (unpaired) electrons. The van der Waals surface area contributed by atoms with Gasteiger partial charge in [-0.2, -0.15) is 0 Å². The summed E-state index contributed by atoms with van der Waals surface area (Å²) in [5.74, 6) is -0.174. The van der Waals surface area contributed by atoms with E-state index in [2.05, 4.69) is 10.6 Å². The van der Waals surface area contributed by atoms with Gasteiger partial charge in [0.15, 0.2) is 0 Å². The zero-order valence-electron chi connectivity index (χ0n) is 12.2. The summed E-state index contributed by atoms with van der Waals surface area (Å²) in [5, 5.41) is 5.86. The molecule has 2 N–H and O–H groups in total. The van der Waals surface area contributed by atoms with E-state index >= 15 is 0 Å². The second kappa shape index (κ2) is 7.45. The molecule has 1 heterocycles. The van der Waals surface area contributed by atoms with Crippen molar-refractivity contribution in [2.24, 2.45) is 0 Å². The maximum absolute atomic E-state index is 12.0. The quantitative estimate of drug-likeness (QED) is 0.698. The smallest absolute Gasteiger partial charge is 0.244 e. The highest BCUT2D eigenvalue weighted by atomic mass is 16.5. The van der Waals surface area contributed by atoms with Crippen molar-refractivity contribution in [3.8, 4) is 0 Å². The van der Waals surface area contributed by atoms with Crippen molar-refractivity contribution < 1.29 is 14.3 Å². The standard InChI is InChI=1S/C13H25N3O3/c1-5-16(6-2)13(18)9(3)15-12(17)11-7-10(19-4)8-14-11/h9-11,14H,5-8H2,1-4H3,(H,15,17). The summed E-state index contributed by atoms with van der Waals surface area (Å²) >= 11 is 0. The van der Waals surface area contributed by atoms with Crippen molar-refractivity contribution >= 4 is 11.8 Å². The third kappa shape index (κ3) is 4.18. The Morgan fingerprint density at radius 3 is 2.53 bits per heavy atom. The predicted octanol–water partition coefficient (Wildman–Crippen LogP) is -0.264. The van der Waals surface area contributed by atoms with Crippen LogP contribution in [0.2, 0.25) is 0 Å². The molecule has 110 valence electrons. The molecular weight excluding hydrogens is 246 g/mol. The molecule has 6 heteroatoms. The topological polar surface area (TPSA) is 70.7 Å². The number of carbonyl (C=O) groups excluding carboxylic acids is 2. The molecule has 1 rings (SSSR count). The van der Waals surface area contributed by atoms with Crippen molar-refractivity contribution in [2.75, 3.05) is 26.7 Å². The van der Waals surface area contributed by atoms with E-state index in [1.807, 2.05) is 13.8 Å². The number of carbonyl (C=O) groups is 2. The van der Waals surface area contributed by atoms with E-state index in [1.54, 1.807) is 18.9 Å². The van der Waals surface area contributed by atoms with Crippen LogP contribution < -0.4 is 10.6 Å². The van der Waals surface area contributed by atoms with E-state index in [9.17, 15) is 9.59 Å². The molecule has 3 unspecified atom stereocenters. The minimum Gasteiger partial charge on any atom is -0.380 e. The van der Waals surface area contributed by atoms with Crippen LogP contribution in [0.15, 0.2) is 0 Å². The van der Waals surface area contributed by atoms with E-state index in [1.165, 1.54) is 0 Å². The van der Waals surface area contributed by atoms with E-state index in [-0.39, 0.29) is 24.0 Å². The fourth-order valence-electron chi connectivity index (χ4n) is 2.27. The van der Waals surface area contributed by atoms with Crippen LogP contribution in [0.25, 0.3) is 0 Å². The lowest BCUT2D eigenvalue weighted by Crippen LogP contribution is -2.51. The highest BCUT2D eigenvalue weighted by molar-refractivity contribution is 5.89. The minimum absolute atomic E-state index is 0.0420. The molecule has 0 saturated carbocycles. The van der Waals surface area contributed by atoms with Gasteiger partial charge in [-0.05, 0) is 27.2 Å². The van der Waals surface area contributed by atoms with E-state index in [0.29, 0.717) is 26.1 Å². The van der Waals surface area contributed by atoms with Gasteiger partial charge in [-0.25, -0.2) is 0 Å². The second-order valence-electron chi connectivity index (χ2n) is 4.80. The number of nitrogens with one attached hydrogen (secondary N) is 2. The van der Waals surface area contributed by atoms with Gasteiger partial charge in [0.2, 0.25) is 11.8 Å². The van der Waals surface area contributed by atoms with Gasteiger partial charge in [-0.1, -0.05) is 0 Å². The number of ether oxygens (including phenoxy) is 1. The van der Waals surface area contributed by atoms with Crippen LogP contribution in [-0.4, -0.2) is 61.6 Å². The first-order valence-electron chi connectivity index (χ1n) is 6.88. The number of amides is 2. The molecule has 0 aromatic heterocycles. The third-order valence-corrected chi connectivity index (χ3v) is 3.54. The van der Waals surface area contributed by atoms with Gasteiger partial charge in [0.1, 0.15) is 6.04 Å². The monoisotopic (exact) mass is 271 g/mol. The van der Waals surface area contributed by atoms with Gasteiger partial charge >= 0.3 is 0 Å². The second-order valence-corrected chi connectivity index (χ2v) is 4.80. The first kappa shape index (κ1) is 15.9. The van der Waals surface area contributed by atoms with Crippen molar-refractivity contribution in [2.45, 2.75) is 45.4 Å². The first-order chi connectivity index (χ1) is 9.03. The third-order valence-electron chi connectivity index (χ3n) is 3.54. The summed E-state index contributed by atoms with van der Waals surface area (Å²) < 4.78 is 5.20. The van der Waals surface area contributed by atoms with Gasteiger partial charge in [0.25, 0.3) is 0 Å². The van der Waals surface area contributed by atoms with E-state index in [4.69, 9.17) is 4.74 Å². The summed E-state index contributed by atoms with van der Waals surface area (Å²) in [5.41, 5.74) is 0. The van der Waals surface area contributed by atoms with E-state index < -0.39 is 6.04 Å². The number of methoxy groups -OCH3 is 1. The molecule has 0 aromatic carbocycles. The van der Waals surface area contributed by atoms with Gasteiger partial charge in [-0.3, -0.25) is 9.59 Å². The van der Waals surface area contributed by atoms with Crippen molar-refractivity contribution in [3.05, 3.63) is 0 Å². The Kier molecular flexibility index (Phi) is 6.24. The van der Waals surface area contributed by atoms with E-state index in [0.717, 1.165) is 0 Å². The van der Waals surface area contributed by atoms with Gasteiger partial charge in [0, 0.05) is 26.7 Å². The van der Waals surface area contributed by atoms with Crippen LogP contribution in [0, 0.1) is 0 Å². The molecule has 19 heavy (non-hydrogen) atoms. The van der Waals surface area contributed by atoms with Crippen molar-refractivity contribution in [3.63, 3.8) is 0 Å². The fraction of sp³-hybridized carbons (Fsp3) is 0.846. The molecule has 1 aliphatic rings. The summed E-state index contributed by atoms with van der Waals surface area (Å²) in [6, 6.07) is -0.757. The Balaban J connectivity index is 2.46. The number of rotatable bonds is 6. The number of likely N-dealkylation sites (N-methyl/N-ethyl adjacent to an activating group) is 1. The Bertz CT molecular complexity index is 318. The van der Waals surface area contributed by atoms with Crippen LogP contribution in [0.4, 0.5) is 0 Å². The van der Waals surface area contributed by atoms with Gasteiger partial charge in [0.05, 0.1) is 12.1 Å². The average molecular weight is 271 g/mol. The molecule has 1 fully saturated rings. The molecule has 0 aliphatic carbocycles. The zero-order chi connectivity index (χ0) is 14.4. The lowest BCUT2D eigenvalue weighted by molar-refractivity contribution is -0.136. The molecule has 1 aliphatic heterocycles. The molecule has 0 spiro atoms. The SMILES string of the molecule is CCN(CC)C(=O)C(C)NC(=O)C1CC(OC)CN1. The van der Waals surface area contributed by atoms with Gasteiger partial charge < -0.3 is 20.3 Å². The molecular formula is C13H25N3O3. The highest BCUT2D eigenvalue weighted by Gasteiger charge is 2.31. The minimum atomic E-state index is -0.490. The molecule has 1 saturated heterocycles. The summed E-state index contributed by atoms with van der Waals surface area (Å²) in [6.45, 7) is 7.56. The highest BCUT2D eigenvalue weighted by Crippen LogP contribution is 2.09. The fourth-order valence-corrected chi connectivity index (χ4v) is 2.27. The Labute approximate surface area is 114 Å². The molecule has 2 amide bonds. The summed E-state index contributed by atoms with van der Waals surface area (Å²) in [4.78, 5) is 25.8. The number of nitrogens with zero attached hydrogens (tertiary/aromatic N) is 1. The van der Waals surface area contributed by atoms with Crippen LogP contribution in [0.5, 0.6) is 0 Å². The van der Waals surface area contributed by atoms with Crippen LogP contribution in [0.3, 0.4) is 0 Å². The van der Waals surface area contributed by atoms with Crippen molar-refractivity contribution in [1.29, 1.82) is 0 Å². The lowest BCUT2D eigenvalue weighted by Gasteiger charge is -2.24. The molecule has 3 atom stereocenters. The summed E-state index contributed by atoms with van der Waals surface area (Å²) in [7, 11) is 1.64. The van der Waals surface area contributed by atoms with Crippen LogP contribution in [0.1, 0.15) is 27.2 Å². The Hall–Kier alpha value is -1.14. The first-order valence-corrected chi connectivity index (χ1v) is 6.88. The van der Waals surface area contributed by atoms with Crippen molar-refractivity contribution in [1.82, 2.24) is 15.5 Å². The van der Waals surface area contributed by atoms with Crippen LogP contribution >= 0.6 is 0 Å². The molecule has 0 aromatic rings. The number of hydrogen-bond acceptors (Lipinski definition) is 4. The number of hydrogen-bond donors (Lipinski definition) is 2. The molecule has 6 nitrogen and oxygen atoms in total. The Morgan fingerprint density at radius 1 is 1.42 bits per heavy atom. The average Bonchev–Trinajstić information content (AvgIpc) is 2.88. The zero-order valence-corrected chi connectivity index (χ0v) is 12.2. The summed E-state index contributed by atoms with van der Waals surface area (Å²) in [6.07, 6.45) is 0.721. The van der Waals surface area contributed by atoms with Crippen LogP contribution in [-0.2, 0) is 14.3 Å². The maximum Gasteiger partial charge on any atom is 0.244 e. The lowest BCUT2D eigenvalue weighted by atomic mass is 10.1. The van der Waals surface area contributed by atoms with Gasteiger partial charge in [-0.15, -0.1) is 0 Å². The Morgan fingerprint density at radius 2 is 2.05 bits per heavy atom. The predicted molar refractivity (Wildman–Crippen MR) is 72.7 cm³/mol. The molecule has 0 bridgehead atoms. The largest absolute Gasteiger partial charge is 0.380 e. The maximum atomic E-state index is 12.0. The normalized spacial score (nSPS) is 24.0.